The molecule has 0 radical (unpaired) electrons. The SMILES string of the molecule is c1ccc(C2=c3cc4c5c(c3Oc3c2cc2c6c3CCCN6CCC2)CCC[N+]=5CCC4)cc1. The topological polar surface area (TPSA) is 15.5 Å². The Morgan fingerprint density at radius 2 is 1.50 bits per heavy atom. The summed E-state index contributed by atoms with van der Waals surface area (Å²) in [5.74, 6) is 2.31. The van der Waals surface area contributed by atoms with Crippen LogP contribution in [0.3, 0.4) is 0 Å². The van der Waals surface area contributed by atoms with Gasteiger partial charge in [0.05, 0.1) is 5.56 Å². The van der Waals surface area contributed by atoms with Crippen LogP contribution in [0.4, 0.5) is 5.69 Å². The highest BCUT2D eigenvalue weighted by Gasteiger charge is 2.35. The fourth-order valence-corrected chi connectivity index (χ4v) is 7.43. The van der Waals surface area contributed by atoms with Crippen LogP contribution < -0.4 is 24.8 Å². The zero-order valence-corrected chi connectivity index (χ0v) is 19.8. The maximum atomic E-state index is 7.10. The fourth-order valence-electron chi connectivity index (χ4n) is 7.43. The average molecular weight is 448 g/mol. The quantitative estimate of drug-likeness (QED) is 0.408. The zero-order valence-electron chi connectivity index (χ0n) is 19.8. The second kappa shape index (κ2) is 7.21. The molecule has 0 atom stereocenters. The minimum atomic E-state index is 1.13. The maximum Gasteiger partial charge on any atom is 0.210 e. The van der Waals surface area contributed by atoms with E-state index in [9.17, 15) is 0 Å². The molecule has 170 valence electrons. The summed E-state index contributed by atoms with van der Waals surface area (Å²) in [5, 5.41) is 2.83. The Bertz CT molecular complexity index is 1480. The van der Waals surface area contributed by atoms with Crippen molar-refractivity contribution in [1.82, 2.24) is 4.58 Å². The van der Waals surface area contributed by atoms with Gasteiger partial charge in [0.2, 0.25) is 5.36 Å². The van der Waals surface area contributed by atoms with Gasteiger partial charge in [0.15, 0.2) is 0 Å². The lowest BCUT2D eigenvalue weighted by Gasteiger charge is -2.39. The number of hydrogen-bond donors (Lipinski definition) is 0. The van der Waals surface area contributed by atoms with Gasteiger partial charge in [0.25, 0.3) is 0 Å². The molecule has 0 fully saturated rings. The summed E-state index contributed by atoms with van der Waals surface area (Å²) < 4.78 is 9.73. The van der Waals surface area contributed by atoms with Crippen molar-refractivity contribution >= 4 is 11.3 Å². The summed E-state index contributed by atoms with van der Waals surface area (Å²) in [7, 11) is 0. The van der Waals surface area contributed by atoms with Crippen molar-refractivity contribution in [2.24, 2.45) is 0 Å². The zero-order chi connectivity index (χ0) is 22.2. The molecule has 0 spiro atoms. The Morgan fingerprint density at radius 1 is 0.735 bits per heavy atom. The summed E-state index contributed by atoms with van der Waals surface area (Å²) in [6.07, 6.45) is 9.61. The third kappa shape index (κ3) is 2.61. The van der Waals surface area contributed by atoms with Crippen molar-refractivity contribution in [3.8, 4) is 11.5 Å². The van der Waals surface area contributed by atoms with Crippen LogP contribution in [0, 0.1) is 0 Å². The van der Waals surface area contributed by atoms with Crippen LogP contribution in [0.2, 0.25) is 0 Å². The van der Waals surface area contributed by atoms with E-state index in [2.05, 4.69) is 51.9 Å². The molecular formula is C31H31N2O+. The van der Waals surface area contributed by atoms with Crippen LogP contribution in [0.5, 0.6) is 11.5 Å². The van der Waals surface area contributed by atoms with Crippen molar-refractivity contribution in [3.05, 3.63) is 86.4 Å². The first kappa shape index (κ1) is 19.3. The molecule has 0 unspecified atom stereocenters. The van der Waals surface area contributed by atoms with E-state index in [-0.39, 0.29) is 0 Å². The number of nitrogens with zero attached hydrogens (tertiary/aromatic N) is 2. The summed E-state index contributed by atoms with van der Waals surface area (Å²) in [6, 6.07) is 16.1. The van der Waals surface area contributed by atoms with Crippen molar-refractivity contribution in [2.75, 3.05) is 31.1 Å². The first-order valence-electron chi connectivity index (χ1n) is 13.3. The third-order valence-electron chi connectivity index (χ3n) is 8.75. The van der Waals surface area contributed by atoms with Gasteiger partial charge in [-0.2, -0.15) is 0 Å². The van der Waals surface area contributed by atoms with Crippen molar-refractivity contribution in [2.45, 2.75) is 51.4 Å². The van der Waals surface area contributed by atoms with Crippen molar-refractivity contribution in [1.29, 1.82) is 0 Å². The van der Waals surface area contributed by atoms with Gasteiger partial charge in [0, 0.05) is 59.1 Å². The van der Waals surface area contributed by atoms with E-state index in [1.54, 1.807) is 0 Å². The number of rotatable bonds is 1. The van der Waals surface area contributed by atoms with Gasteiger partial charge < -0.3 is 9.64 Å². The highest BCUT2D eigenvalue weighted by Crippen LogP contribution is 2.48. The Hall–Kier alpha value is -3.07. The molecular weight excluding hydrogens is 416 g/mol. The highest BCUT2D eigenvalue weighted by molar-refractivity contribution is 5.89. The Morgan fingerprint density at radius 3 is 2.38 bits per heavy atom. The summed E-state index contributed by atoms with van der Waals surface area (Å²) in [4.78, 5) is 2.64. The smallest absolute Gasteiger partial charge is 0.210 e. The number of fused-ring (bicyclic) bond motifs is 4. The Balaban J connectivity index is 1.52. The van der Waals surface area contributed by atoms with E-state index in [1.807, 2.05) is 0 Å². The van der Waals surface area contributed by atoms with Gasteiger partial charge in [-0.3, -0.25) is 0 Å². The number of ether oxygens (including phenoxy) is 1. The number of hydrogen-bond acceptors (Lipinski definition) is 2. The van der Waals surface area contributed by atoms with Crippen LogP contribution in [0.1, 0.15) is 59.1 Å². The van der Waals surface area contributed by atoms with Gasteiger partial charge in [0.1, 0.15) is 24.6 Å². The number of anilines is 1. The second-order valence-corrected chi connectivity index (χ2v) is 10.7. The molecule has 0 aromatic heterocycles. The van der Waals surface area contributed by atoms with E-state index in [0.717, 1.165) is 24.3 Å². The molecule has 3 aromatic rings. The van der Waals surface area contributed by atoms with Crippen LogP contribution in [-0.4, -0.2) is 26.2 Å². The van der Waals surface area contributed by atoms with Crippen molar-refractivity contribution < 1.29 is 4.74 Å². The normalized spacial score (nSPS) is 19.6. The van der Waals surface area contributed by atoms with Crippen LogP contribution >= 0.6 is 0 Å². The summed E-state index contributed by atoms with van der Waals surface area (Å²) in [5.41, 5.74) is 11.5. The molecule has 5 aliphatic heterocycles. The molecule has 0 saturated carbocycles. The van der Waals surface area contributed by atoms with Gasteiger partial charge in [-0.15, -0.1) is 0 Å². The molecule has 0 amide bonds. The lowest BCUT2D eigenvalue weighted by molar-refractivity contribution is 0.431. The van der Waals surface area contributed by atoms with Gasteiger partial charge in [-0.1, -0.05) is 30.3 Å². The molecule has 0 aliphatic carbocycles. The predicted molar refractivity (Wildman–Crippen MR) is 137 cm³/mol. The van der Waals surface area contributed by atoms with Gasteiger partial charge >= 0.3 is 0 Å². The van der Waals surface area contributed by atoms with E-state index < -0.39 is 0 Å². The summed E-state index contributed by atoms with van der Waals surface area (Å²) in [6.45, 7) is 4.77. The Labute approximate surface area is 201 Å². The minimum Gasteiger partial charge on any atom is -0.455 e. The summed E-state index contributed by atoms with van der Waals surface area (Å²) >= 11 is 0. The number of benzene rings is 3. The molecule has 5 aliphatic rings. The average Bonchev–Trinajstić information content (AvgIpc) is 2.89. The van der Waals surface area contributed by atoms with Crippen LogP contribution in [0.25, 0.3) is 5.57 Å². The monoisotopic (exact) mass is 447 g/mol. The fraction of sp³-hybridized carbons (Fsp3) is 0.387. The molecule has 34 heavy (non-hydrogen) atoms. The molecule has 0 bridgehead atoms. The molecule has 0 saturated heterocycles. The Kier molecular flexibility index (Phi) is 4.09. The van der Waals surface area contributed by atoms with Gasteiger partial charge in [-0.05, 0) is 61.8 Å². The first-order valence-corrected chi connectivity index (χ1v) is 13.3. The van der Waals surface area contributed by atoms with Crippen molar-refractivity contribution in [3.63, 3.8) is 0 Å². The van der Waals surface area contributed by atoms with E-state index in [0.29, 0.717) is 0 Å². The van der Waals surface area contributed by atoms with E-state index in [1.165, 1.54) is 120 Å². The molecule has 3 nitrogen and oxygen atoms in total. The molecule has 0 N–H and O–H groups in total. The molecule has 3 heteroatoms. The standard InChI is InChI=1S/C31H31N2O/c1-2-8-20(9-3-1)27-25-18-21-10-4-14-32-16-6-12-23(28(21)32)30(25)34-31-24-13-7-17-33-15-5-11-22(29(24)33)19-26(27)31/h1-3,8-9,18-19H,4-7,10-17H2/q+1. The lowest BCUT2D eigenvalue weighted by atomic mass is 9.83. The molecule has 3 aromatic carbocycles. The molecule has 5 heterocycles. The predicted octanol–water partition coefficient (Wildman–Crippen LogP) is 4.12. The second-order valence-electron chi connectivity index (χ2n) is 10.7. The van der Waals surface area contributed by atoms with E-state index >= 15 is 0 Å². The van der Waals surface area contributed by atoms with Gasteiger partial charge in [-0.25, -0.2) is 4.58 Å². The number of aryl methyl sites for hydroxylation is 2. The van der Waals surface area contributed by atoms with Crippen LogP contribution in [-0.2, 0) is 25.7 Å². The largest absolute Gasteiger partial charge is 0.455 e. The van der Waals surface area contributed by atoms with E-state index in [4.69, 9.17) is 4.74 Å². The van der Waals surface area contributed by atoms with Crippen LogP contribution in [0.15, 0.2) is 42.5 Å². The minimum absolute atomic E-state index is 1.13. The first-order chi connectivity index (χ1) is 16.9. The highest BCUT2D eigenvalue weighted by atomic mass is 16.5. The third-order valence-corrected chi connectivity index (χ3v) is 8.75. The lowest BCUT2D eigenvalue weighted by Crippen LogP contribution is -2.45. The maximum absolute atomic E-state index is 7.10. The molecule has 8 rings (SSSR count).